The summed E-state index contributed by atoms with van der Waals surface area (Å²) in [5.74, 6) is 0.0775. The van der Waals surface area contributed by atoms with Gasteiger partial charge < -0.3 is 15.6 Å². The van der Waals surface area contributed by atoms with Crippen molar-refractivity contribution in [2.24, 2.45) is 11.1 Å². The van der Waals surface area contributed by atoms with E-state index >= 15 is 0 Å². The molecule has 17 heavy (non-hydrogen) atoms. The number of aromatic nitrogens is 2. The summed E-state index contributed by atoms with van der Waals surface area (Å²) in [5.41, 5.74) is 5.79. The molecule has 1 atom stereocenters. The van der Waals surface area contributed by atoms with Crippen LogP contribution in [0.1, 0.15) is 56.2 Å². The Labute approximate surface area is 99.9 Å². The lowest BCUT2D eigenvalue weighted by molar-refractivity contribution is 0.0937. The van der Waals surface area contributed by atoms with Gasteiger partial charge in [0.1, 0.15) is 0 Å². The highest BCUT2D eigenvalue weighted by Gasteiger charge is 2.30. The van der Waals surface area contributed by atoms with E-state index in [-0.39, 0.29) is 29.2 Å². The van der Waals surface area contributed by atoms with E-state index < -0.39 is 0 Å². The molecule has 1 amide bonds. The van der Waals surface area contributed by atoms with E-state index in [2.05, 4.69) is 15.5 Å². The first-order chi connectivity index (χ1) is 7.88. The topological polar surface area (TPSA) is 94.0 Å². The summed E-state index contributed by atoms with van der Waals surface area (Å²) >= 11 is 0. The lowest BCUT2D eigenvalue weighted by atomic mass is 9.87. The van der Waals surface area contributed by atoms with Gasteiger partial charge in [-0.3, -0.25) is 4.79 Å². The van der Waals surface area contributed by atoms with Crippen molar-refractivity contribution in [3.8, 4) is 0 Å². The molecule has 0 spiro atoms. The predicted octanol–water partition coefficient (Wildman–Crippen LogP) is 1.01. The SMILES string of the molecule is CC(C)(C)[C@H](N)c1nc(C(=O)NC2CC2)no1. The van der Waals surface area contributed by atoms with Crippen LogP contribution < -0.4 is 11.1 Å². The molecule has 0 aromatic carbocycles. The summed E-state index contributed by atoms with van der Waals surface area (Å²) in [4.78, 5) is 15.7. The maximum Gasteiger partial charge on any atom is 0.292 e. The standard InChI is InChI=1S/C11H18N4O2/c1-11(2,3)7(12)10-14-8(15-17-10)9(16)13-6-4-5-6/h6-7H,4-5,12H2,1-3H3,(H,13,16)/t7-/m1/s1. The minimum atomic E-state index is -0.377. The summed E-state index contributed by atoms with van der Waals surface area (Å²) in [6, 6.07) is -0.0989. The van der Waals surface area contributed by atoms with Gasteiger partial charge in [0.25, 0.3) is 11.7 Å². The Balaban J connectivity index is 2.06. The largest absolute Gasteiger partial charge is 0.346 e. The number of nitrogens with one attached hydrogen (secondary N) is 1. The van der Waals surface area contributed by atoms with Gasteiger partial charge in [-0.15, -0.1) is 0 Å². The number of hydrogen-bond donors (Lipinski definition) is 2. The second kappa shape index (κ2) is 4.10. The van der Waals surface area contributed by atoms with Crippen molar-refractivity contribution < 1.29 is 9.32 Å². The fraction of sp³-hybridized carbons (Fsp3) is 0.727. The van der Waals surface area contributed by atoms with E-state index in [1.807, 2.05) is 20.8 Å². The normalized spacial score (nSPS) is 17.9. The lowest BCUT2D eigenvalue weighted by Gasteiger charge is -2.23. The molecule has 0 bridgehead atoms. The van der Waals surface area contributed by atoms with Gasteiger partial charge >= 0.3 is 0 Å². The lowest BCUT2D eigenvalue weighted by Crippen LogP contribution is -2.28. The van der Waals surface area contributed by atoms with Crippen LogP contribution in [0.25, 0.3) is 0 Å². The van der Waals surface area contributed by atoms with Crippen LogP contribution in [0.2, 0.25) is 0 Å². The number of carbonyl (C=O) groups excluding carboxylic acids is 1. The molecule has 1 aromatic heterocycles. The Morgan fingerprint density at radius 3 is 2.71 bits per heavy atom. The number of hydrogen-bond acceptors (Lipinski definition) is 5. The summed E-state index contributed by atoms with van der Waals surface area (Å²) < 4.78 is 5.03. The average molecular weight is 238 g/mol. The van der Waals surface area contributed by atoms with Crippen molar-refractivity contribution in [3.63, 3.8) is 0 Å². The molecule has 1 heterocycles. The van der Waals surface area contributed by atoms with E-state index in [4.69, 9.17) is 10.3 Å². The van der Waals surface area contributed by atoms with Gasteiger partial charge in [0, 0.05) is 6.04 Å². The molecule has 3 N–H and O–H groups in total. The number of nitrogens with two attached hydrogens (primary N) is 1. The first-order valence-corrected chi connectivity index (χ1v) is 5.78. The van der Waals surface area contributed by atoms with Crippen LogP contribution >= 0.6 is 0 Å². The quantitative estimate of drug-likeness (QED) is 0.819. The molecule has 1 aromatic rings. The van der Waals surface area contributed by atoms with Crippen molar-refractivity contribution in [1.29, 1.82) is 0 Å². The molecule has 2 rings (SSSR count). The van der Waals surface area contributed by atoms with Crippen LogP contribution in [0.4, 0.5) is 0 Å². The molecule has 1 saturated carbocycles. The highest BCUT2D eigenvalue weighted by molar-refractivity contribution is 5.90. The molecular weight excluding hydrogens is 220 g/mol. The Kier molecular flexibility index (Phi) is 2.91. The summed E-state index contributed by atoms with van der Waals surface area (Å²) in [5, 5.41) is 6.45. The van der Waals surface area contributed by atoms with E-state index in [0.29, 0.717) is 5.89 Å². The van der Waals surface area contributed by atoms with E-state index in [1.165, 1.54) is 0 Å². The molecule has 0 radical (unpaired) electrons. The molecule has 1 fully saturated rings. The van der Waals surface area contributed by atoms with Gasteiger partial charge in [-0.1, -0.05) is 25.9 Å². The van der Waals surface area contributed by atoms with E-state index in [1.54, 1.807) is 0 Å². The summed E-state index contributed by atoms with van der Waals surface area (Å²) in [6.07, 6.45) is 2.05. The number of nitrogens with zero attached hydrogens (tertiary/aromatic N) is 2. The molecule has 0 unspecified atom stereocenters. The fourth-order valence-electron chi connectivity index (χ4n) is 1.30. The number of carbonyl (C=O) groups is 1. The molecule has 0 aliphatic heterocycles. The first-order valence-electron chi connectivity index (χ1n) is 5.78. The van der Waals surface area contributed by atoms with Crippen molar-refractivity contribution >= 4 is 5.91 Å². The van der Waals surface area contributed by atoms with Gasteiger partial charge in [-0.05, 0) is 18.3 Å². The van der Waals surface area contributed by atoms with Crippen LogP contribution in [0.3, 0.4) is 0 Å². The van der Waals surface area contributed by atoms with Gasteiger partial charge in [-0.25, -0.2) is 0 Å². The zero-order valence-corrected chi connectivity index (χ0v) is 10.4. The van der Waals surface area contributed by atoms with Crippen LogP contribution in [0.5, 0.6) is 0 Å². The van der Waals surface area contributed by atoms with Crippen LogP contribution in [0, 0.1) is 5.41 Å². The van der Waals surface area contributed by atoms with Gasteiger partial charge in [0.2, 0.25) is 5.89 Å². The van der Waals surface area contributed by atoms with Crippen molar-refractivity contribution in [1.82, 2.24) is 15.5 Å². The molecule has 6 nitrogen and oxygen atoms in total. The second-order valence-corrected chi connectivity index (χ2v) is 5.55. The minimum Gasteiger partial charge on any atom is -0.346 e. The molecule has 1 aliphatic carbocycles. The van der Waals surface area contributed by atoms with Crippen LogP contribution in [-0.4, -0.2) is 22.1 Å². The molecule has 6 heteroatoms. The van der Waals surface area contributed by atoms with Gasteiger partial charge in [0.05, 0.1) is 6.04 Å². The zero-order valence-electron chi connectivity index (χ0n) is 10.4. The average Bonchev–Trinajstić information content (AvgIpc) is 2.91. The van der Waals surface area contributed by atoms with Gasteiger partial charge in [0.15, 0.2) is 0 Å². The van der Waals surface area contributed by atoms with Gasteiger partial charge in [-0.2, -0.15) is 4.98 Å². The van der Waals surface area contributed by atoms with Crippen LogP contribution in [-0.2, 0) is 0 Å². The highest BCUT2D eigenvalue weighted by atomic mass is 16.5. The predicted molar refractivity (Wildman–Crippen MR) is 61.2 cm³/mol. The number of rotatable bonds is 3. The smallest absolute Gasteiger partial charge is 0.292 e. The highest BCUT2D eigenvalue weighted by Crippen LogP contribution is 2.29. The Hall–Kier alpha value is -1.43. The molecule has 0 saturated heterocycles. The third-order valence-electron chi connectivity index (χ3n) is 2.76. The maximum absolute atomic E-state index is 11.6. The molecule has 1 aliphatic rings. The fourth-order valence-corrected chi connectivity index (χ4v) is 1.30. The third kappa shape index (κ3) is 2.82. The minimum absolute atomic E-state index is 0.0617. The molecule has 94 valence electrons. The second-order valence-electron chi connectivity index (χ2n) is 5.55. The Morgan fingerprint density at radius 2 is 2.18 bits per heavy atom. The van der Waals surface area contributed by atoms with E-state index in [9.17, 15) is 4.79 Å². The summed E-state index contributed by atoms with van der Waals surface area (Å²) in [7, 11) is 0. The Bertz CT molecular complexity index is 417. The molecular formula is C11H18N4O2. The Morgan fingerprint density at radius 1 is 1.53 bits per heavy atom. The number of amides is 1. The van der Waals surface area contributed by atoms with Crippen molar-refractivity contribution in [3.05, 3.63) is 11.7 Å². The zero-order chi connectivity index (χ0) is 12.6. The van der Waals surface area contributed by atoms with Crippen LogP contribution in [0.15, 0.2) is 4.52 Å². The maximum atomic E-state index is 11.6. The van der Waals surface area contributed by atoms with Crippen molar-refractivity contribution in [2.75, 3.05) is 0 Å². The van der Waals surface area contributed by atoms with Crippen molar-refractivity contribution in [2.45, 2.75) is 45.7 Å². The summed E-state index contributed by atoms with van der Waals surface area (Å²) in [6.45, 7) is 5.93. The third-order valence-corrected chi connectivity index (χ3v) is 2.76. The monoisotopic (exact) mass is 238 g/mol. The first kappa shape index (κ1) is 12.0. The van der Waals surface area contributed by atoms with E-state index in [0.717, 1.165) is 12.8 Å².